The largest absolute Gasteiger partial charge is 0.326 e. The van der Waals surface area contributed by atoms with E-state index in [1.54, 1.807) is 24.3 Å². The fourth-order valence-corrected chi connectivity index (χ4v) is 2.19. The van der Waals surface area contributed by atoms with Gasteiger partial charge in [-0.2, -0.15) is 0 Å². The van der Waals surface area contributed by atoms with Gasteiger partial charge >= 0.3 is 0 Å². The van der Waals surface area contributed by atoms with Crippen molar-refractivity contribution in [2.24, 2.45) is 0 Å². The van der Waals surface area contributed by atoms with Gasteiger partial charge in [-0.05, 0) is 42.5 Å². The smallest absolute Gasteiger partial charge is 0.255 e. The van der Waals surface area contributed by atoms with Gasteiger partial charge in [0, 0.05) is 28.3 Å². The van der Waals surface area contributed by atoms with E-state index in [9.17, 15) is 14.0 Å². The highest BCUT2D eigenvalue weighted by molar-refractivity contribution is 9.10. The maximum atomic E-state index is 13.3. The first-order valence-electron chi connectivity index (χ1n) is 6.09. The van der Waals surface area contributed by atoms with E-state index in [-0.39, 0.29) is 11.5 Å². The Morgan fingerprint density at radius 2 is 1.57 bits per heavy atom. The zero-order valence-corrected chi connectivity index (χ0v) is 12.7. The molecule has 2 amide bonds. The lowest BCUT2D eigenvalue weighted by Gasteiger charge is -2.07. The van der Waals surface area contributed by atoms with Crippen LogP contribution >= 0.6 is 15.9 Å². The Labute approximate surface area is 129 Å². The molecule has 0 atom stereocenters. The van der Waals surface area contributed by atoms with E-state index in [1.165, 1.54) is 19.1 Å². The fraction of sp³-hybridized carbons (Fsp3) is 0.0667. The molecule has 0 fully saturated rings. The Balaban J connectivity index is 2.10. The van der Waals surface area contributed by atoms with Crippen LogP contribution in [0, 0.1) is 5.82 Å². The molecule has 2 rings (SSSR count). The Kier molecular flexibility index (Phi) is 4.70. The summed E-state index contributed by atoms with van der Waals surface area (Å²) in [5, 5.41) is 5.28. The lowest BCUT2D eigenvalue weighted by atomic mass is 10.2. The number of hydrogen-bond donors (Lipinski definition) is 2. The monoisotopic (exact) mass is 350 g/mol. The van der Waals surface area contributed by atoms with Gasteiger partial charge in [0.2, 0.25) is 5.91 Å². The van der Waals surface area contributed by atoms with Crippen LogP contribution in [0.1, 0.15) is 17.3 Å². The quantitative estimate of drug-likeness (QED) is 0.884. The minimum Gasteiger partial charge on any atom is -0.326 e. The number of halogens is 2. The maximum Gasteiger partial charge on any atom is 0.255 e. The molecule has 0 aliphatic heterocycles. The number of carbonyl (C=O) groups is 2. The first-order chi connectivity index (χ1) is 9.94. The highest BCUT2D eigenvalue weighted by Gasteiger charge is 2.09. The van der Waals surface area contributed by atoms with E-state index in [1.807, 2.05) is 0 Å². The van der Waals surface area contributed by atoms with Crippen LogP contribution in [0.15, 0.2) is 46.9 Å². The molecule has 4 nitrogen and oxygen atoms in total. The second kappa shape index (κ2) is 6.49. The second-order valence-corrected chi connectivity index (χ2v) is 5.29. The number of benzene rings is 2. The Morgan fingerprint density at radius 1 is 1.00 bits per heavy atom. The standard InChI is InChI=1S/C15H12BrFN2O2/c1-9(20)18-13-2-4-14(5-3-13)19-15(21)10-6-11(16)8-12(17)7-10/h2-8H,1H3,(H,18,20)(H,19,21). The van der Waals surface area contributed by atoms with Crippen molar-refractivity contribution >= 4 is 39.1 Å². The highest BCUT2D eigenvalue weighted by atomic mass is 79.9. The van der Waals surface area contributed by atoms with Crippen LogP contribution in [0.2, 0.25) is 0 Å². The topological polar surface area (TPSA) is 58.2 Å². The highest BCUT2D eigenvalue weighted by Crippen LogP contribution is 2.18. The van der Waals surface area contributed by atoms with Crippen LogP contribution in [0.25, 0.3) is 0 Å². The lowest BCUT2D eigenvalue weighted by molar-refractivity contribution is -0.114. The summed E-state index contributed by atoms with van der Waals surface area (Å²) in [6, 6.07) is 10.6. The van der Waals surface area contributed by atoms with Gasteiger partial charge in [0.25, 0.3) is 5.91 Å². The molecule has 0 aromatic heterocycles. The van der Waals surface area contributed by atoms with Crippen molar-refractivity contribution in [3.05, 3.63) is 58.3 Å². The van der Waals surface area contributed by atoms with Gasteiger partial charge in [-0.15, -0.1) is 0 Å². The van der Waals surface area contributed by atoms with Crippen molar-refractivity contribution < 1.29 is 14.0 Å². The minimum absolute atomic E-state index is 0.170. The molecule has 0 unspecified atom stereocenters. The number of hydrogen-bond acceptors (Lipinski definition) is 2. The molecule has 0 heterocycles. The Morgan fingerprint density at radius 3 is 2.10 bits per heavy atom. The van der Waals surface area contributed by atoms with Crippen LogP contribution in [0.4, 0.5) is 15.8 Å². The van der Waals surface area contributed by atoms with Crippen LogP contribution in [0.3, 0.4) is 0 Å². The normalized spacial score (nSPS) is 10.0. The third-order valence-electron chi connectivity index (χ3n) is 2.59. The van der Waals surface area contributed by atoms with Crippen molar-refractivity contribution in [3.8, 4) is 0 Å². The molecule has 2 aromatic carbocycles. The van der Waals surface area contributed by atoms with Gasteiger partial charge < -0.3 is 10.6 Å². The van der Waals surface area contributed by atoms with Crippen LogP contribution in [-0.2, 0) is 4.79 Å². The summed E-state index contributed by atoms with van der Waals surface area (Å²) in [6.45, 7) is 1.41. The van der Waals surface area contributed by atoms with E-state index >= 15 is 0 Å². The zero-order valence-electron chi connectivity index (χ0n) is 11.1. The van der Waals surface area contributed by atoms with Crippen LogP contribution in [0.5, 0.6) is 0 Å². The van der Waals surface area contributed by atoms with Crippen LogP contribution < -0.4 is 10.6 Å². The van der Waals surface area contributed by atoms with Gasteiger partial charge in [0.15, 0.2) is 0 Å². The molecular weight excluding hydrogens is 339 g/mol. The van der Waals surface area contributed by atoms with E-state index < -0.39 is 11.7 Å². The SMILES string of the molecule is CC(=O)Nc1ccc(NC(=O)c2cc(F)cc(Br)c2)cc1. The maximum absolute atomic E-state index is 13.3. The molecule has 0 saturated carbocycles. The average molecular weight is 351 g/mol. The molecule has 0 aliphatic carbocycles. The number of carbonyl (C=O) groups excluding carboxylic acids is 2. The van der Waals surface area contributed by atoms with Gasteiger partial charge in [-0.25, -0.2) is 4.39 Å². The summed E-state index contributed by atoms with van der Waals surface area (Å²) in [6.07, 6.45) is 0. The summed E-state index contributed by atoms with van der Waals surface area (Å²) >= 11 is 3.14. The van der Waals surface area contributed by atoms with Crippen molar-refractivity contribution in [2.45, 2.75) is 6.92 Å². The molecule has 0 saturated heterocycles. The summed E-state index contributed by atoms with van der Waals surface area (Å²) in [7, 11) is 0. The average Bonchev–Trinajstić information content (AvgIpc) is 2.39. The molecular formula is C15H12BrFN2O2. The fourth-order valence-electron chi connectivity index (χ4n) is 1.73. The molecule has 0 radical (unpaired) electrons. The predicted octanol–water partition coefficient (Wildman–Crippen LogP) is 3.80. The van der Waals surface area contributed by atoms with E-state index in [2.05, 4.69) is 26.6 Å². The van der Waals surface area contributed by atoms with Crippen molar-refractivity contribution in [2.75, 3.05) is 10.6 Å². The predicted molar refractivity (Wildman–Crippen MR) is 82.8 cm³/mol. The van der Waals surface area contributed by atoms with Gasteiger partial charge in [0.1, 0.15) is 5.82 Å². The Bertz CT molecular complexity index is 666. The molecule has 108 valence electrons. The molecule has 21 heavy (non-hydrogen) atoms. The van der Waals surface area contributed by atoms with E-state index in [4.69, 9.17) is 0 Å². The first kappa shape index (κ1) is 15.2. The van der Waals surface area contributed by atoms with Crippen molar-refractivity contribution in [1.29, 1.82) is 0 Å². The summed E-state index contributed by atoms with van der Waals surface area (Å²) in [4.78, 5) is 22.9. The summed E-state index contributed by atoms with van der Waals surface area (Å²) in [5.74, 6) is -1.07. The Hall–Kier alpha value is -2.21. The lowest BCUT2D eigenvalue weighted by Crippen LogP contribution is -2.12. The molecule has 2 N–H and O–H groups in total. The molecule has 6 heteroatoms. The summed E-state index contributed by atoms with van der Waals surface area (Å²) < 4.78 is 13.7. The molecule has 0 bridgehead atoms. The first-order valence-corrected chi connectivity index (χ1v) is 6.88. The van der Waals surface area contributed by atoms with Gasteiger partial charge in [-0.3, -0.25) is 9.59 Å². The number of nitrogens with one attached hydrogen (secondary N) is 2. The zero-order chi connectivity index (χ0) is 15.4. The third-order valence-corrected chi connectivity index (χ3v) is 3.05. The number of anilines is 2. The van der Waals surface area contributed by atoms with E-state index in [0.29, 0.717) is 15.8 Å². The second-order valence-electron chi connectivity index (χ2n) is 4.37. The third kappa shape index (κ3) is 4.39. The van der Waals surface area contributed by atoms with Gasteiger partial charge in [0.05, 0.1) is 0 Å². The molecule has 0 aliphatic rings. The number of rotatable bonds is 3. The van der Waals surface area contributed by atoms with E-state index in [0.717, 1.165) is 6.07 Å². The van der Waals surface area contributed by atoms with Crippen LogP contribution in [-0.4, -0.2) is 11.8 Å². The molecule has 0 spiro atoms. The summed E-state index contributed by atoms with van der Waals surface area (Å²) in [5.41, 5.74) is 1.40. The van der Waals surface area contributed by atoms with Crippen molar-refractivity contribution in [1.82, 2.24) is 0 Å². The van der Waals surface area contributed by atoms with Gasteiger partial charge in [-0.1, -0.05) is 15.9 Å². The van der Waals surface area contributed by atoms with Crippen molar-refractivity contribution in [3.63, 3.8) is 0 Å². The molecule has 2 aromatic rings. The number of amides is 2. The minimum atomic E-state index is -0.490.